The molecule has 19 heavy (non-hydrogen) atoms. The average Bonchev–Trinajstić information content (AvgIpc) is 2.37. The molecule has 0 aliphatic carbocycles. The van der Waals surface area contributed by atoms with Crippen molar-refractivity contribution < 1.29 is 17.9 Å². The molecular formula is C11H15ClN2O4S. The molecule has 0 amide bonds. The minimum atomic E-state index is -3.80. The van der Waals surface area contributed by atoms with Gasteiger partial charge in [0.2, 0.25) is 15.9 Å². The summed E-state index contributed by atoms with van der Waals surface area (Å²) in [4.78, 5) is 3.76. The molecule has 6 nitrogen and oxygen atoms in total. The smallest absolute Gasteiger partial charge is 0.239 e. The van der Waals surface area contributed by atoms with Gasteiger partial charge in [-0.15, -0.1) is 0 Å². The summed E-state index contributed by atoms with van der Waals surface area (Å²) in [7, 11) is -3.80. The molecule has 1 aliphatic rings. The van der Waals surface area contributed by atoms with Crippen molar-refractivity contribution in [2.24, 2.45) is 11.1 Å². The standard InChI is InChI=1S/C11H15ClN2O4S/c12-10-5-9(19(13,15)16)6-14-11(10)18-7-8-1-3-17-4-2-8/h5-6,8H,1-4,7H2,(H2,13,15,16). The molecule has 0 saturated carbocycles. The fourth-order valence-corrected chi connectivity index (χ4v) is 2.55. The number of hydrogen-bond acceptors (Lipinski definition) is 5. The lowest BCUT2D eigenvalue weighted by Gasteiger charge is -2.21. The van der Waals surface area contributed by atoms with Gasteiger partial charge < -0.3 is 9.47 Å². The van der Waals surface area contributed by atoms with Gasteiger partial charge in [0.1, 0.15) is 9.92 Å². The molecule has 0 atom stereocenters. The molecule has 1 fully saturated rings. The van der Waals surface area contributed by atoms with Crippen molar-refractivity contribution in [2.45, 2.75) is 17.7 Å². The summed E-state index contributed by atoms with van der Waals surface area (Å²) in [5.74, 6) is 0.630. The van der Waals surface area contributed by atoms with E-state index < -0.39 is 10.0 Å². The Balaban J connectivity index is 2.01. The van der Waals surface area contributed by atoms with Crippen molar-refractivity contribution in [3.05, 3.63) is 17.3 Å². The quantitative estimate of drug-likeness (QED) is 0.902. The second kappa shape index (κ2) is 6.04. The molecule has 8 heteroatoms. The zero-order chi connectivity index (χ0) is 13.9. The molecule has 1 saturated heterocycles. The first kappa shape index (κ1) is 14.5. The predicted molar refractivity (Wildman–Crippen MR) is 69.7 cm³/mol. The molecule has 106 valence electrons. The maximum absolute atomic E-state index is 11.1. The van der Waals surface area contributed by atoms with Crippen molar-refractivity contribution >= 4 is 21.6 Å². The van der Waals surface area contributed by atoms with Crippen LogP contribution in [0.25, 0.3) is 0 Å². The Morgan fingerprint density at radius 2 is 2.16 bits per heavy atom. The molecule has 1 aliphatic heterocycles. The van der Waals surface area contributed by atoms with Gasteiger partial charge in [-0.05, 0) is 24.8 Å². The van der Waals surface area contributed by atoms with Crippen LogP contribution in [0.1, 0.15) is 12.8 Å². The number of aromatic nitrogens is 1. The molecule has 0 bridgehead atoms. The third kappa shape index (κ3) is 4.04. The highest BCUT2D eigenvalue weighted by atomic mass is 35.5. The lowest BCUT2D eigenvalue weighted by atomic mass is 10.0. The molecule has 0 unspecified atom stereocenters. The zero-order valence-electron chi connectivity index (χ0n) is 10.2. The van der Waals surface area contributed by atoms with E-state index in [2.05, 4.69) is 4.98 Å². The van der Waals surface area contributed by atoms with Crippen molar-refractivity contribution in [3.8, 4) is 5.88 Å². The van der Waals surface area contributed by atoms with Crippen molar-refractivity contribution in [2.75, 3.05) is 19.8 Å². The highest BCUT2D eigenvalue weighted by molar-refractivity contribution is 7.89. The van der Waals surface area contributed by atoms with Gasteiger partial charge in [-0.2, -0.15) is 0 Å². The fourth-order valence-electron chi connectivity index (χ4n) is 1.78. The normalized spacial score (nSPS) is 17.4. The fraction of sp³-hybridized carbons (Fsp3) is 0.545. The molecule has 1 aromatic rings. The molecule has 2 N–H and O–H groups in total. The highest BCUT2D eigenvalue weighted by Gasteiger charge is 2.17. The van der Waals surface area contributed by atoms with E-state index in [-0.39, 0.29) is 15.8 Å². The van der Waals surface area contributed by atoms with E-state index in [1.165, 1.54) is 6.07 Å². The predicted octanol–water partition coefficient (Wildman–Crippen LogP) is 1.19. The number of pyridine rings is 1. The summed E-state index contributed by atoms with van der Waals surface area (Å²) >= 11 is 5.92. The van der Waals surface area contributed by atoms with E-state index in [4.69, 9.17) is 26.2 Å². The first-order valence-electron chi connectivity index (χ1n) is 5.85. The minimum Gasteiger partial charge on any atom is -0.476 e. The Morgan fingerprint density at radius 1 is 1.47 bits per heavy atom. The first-order chi connectivity index (χ1) is 8.97. The van der Waals surface area contributed by atoms with E-state index in [0.29, 0.717) is 12.5 Å². The van der Waals surface area contributed by atoms with Gasteiger partial charge in [0.05, 0.1) is 12.8 Å². The van der Waals surface area contributed by atoms with Gasteiger partial charge in [0.15, 0.2) is 0 Å². The first-order valence-corrected chi connectivity index (χ1v) is 7.78. The lowest BCUT2D eigenvalue weighted by Crippen LogP contribution is -2.21. The minimum absolute atomic E-state index is 0.129. The Kier molecular flexibility index (Phi) is 4.62. The van der Waals surface area contributed by atoms with Gasteiger partial charge in [0.25, 0.3) is 0 Å². The van der Waals surface area contributed by atoms with Crippen LogP contribution in [0.5, 0.6) is 5.88 Å². The highest BCUT2D eigenvalue weighted by Crippen LogP contribution is 2.25. The van der Waals surface area contributed by atoms with Crippen LogP contribution < -0.4 is 9.88 Å². The number of rotatable bonds is 4. The van der Waals surface area contributed by atoms with Crippen LogP contribution in [0.3, 0.4) is 0 Å². The number of hydrogen-bond donors (Lipinski definition) is 1. The molecule has 0 spiro atoms. The summed E-state index contributed by atoms with van der Waals surface area (Å²) in [5, 5.41) is 5.12. The van der Waals surface area contributed by atoms with Crippen LogP contribution in [0.4, 0.5) is 0 Å². The van der Waals surface area contributed by atoms with Crippen LogP contribution in [-0.4, -0.2) is 33.2 Å². The molecule has 1 aromatic heterocycles. The van der Waals surface area contributed by atoms with Crippen molar-refractivity contribution in [1.29, 1.82) is 0 Å². The molecule has 0 radical (unpaired) electrons. The van der Waals surface area contributed by atoms with Crippen LogP contribution in [0.15, 0.2) is 17.2 Å². The van der Waals surface area contributed by atoms with Gasteiger partial charge in [0, 0.05) is 13.2 Å². The maximum atomic E-state index is 11.1. The summed E-state index contributed by atoms with van der Waals surface area (Å²) in [6.45, 7) is 1.96. The molecular weight excluding hydrogens is 292 g/mol. The molecule has 2 rings (SSSR count). The van der Waals surface area contributed by atoms with E-state index in [1.54, 1.807) is 0 Å². The number of halogens is 1. The average molecular weight is 307 g/mol. The van der Waals surface area contributed by atoms with Crippen LogP contribution in [0, 0.1) is 5.92 Å². The SMILES string of the molecule is NS(=O)(=O)c1cnc(OCC2CCOCC2)c(Cl)c1. The Morgan fingerprint density at radius 3 is 2.74 bits per heavy atom. The third-order valence-electron chi connectivity index (χ3n) is 2.91. The molecule has 2 heterocycles. The van der Waals surface area contributed by atoms with Gasteiger partial charge >= 0.3 is 0 Å². The van der Waals surface area contributed by atoms with Crippen LogP contribution in [-0.2, 0) is 14.8 Å². The summed E-state index contributed by atoms with van der Waals surface area (Å²) < 4.78 is 33.0. The molecule has 0 aromatic carbocycles. The zero-order valence-corrected chi connectivity index (χ0v) is 11.8. The van der Waals surface area contributed by atoms with Crippen LogP contribution >= 0.6 is 11.6 Å². The number of nitrogens with two attached hydrogens (primary N) is 1. The Hall–Kier alpha value is -0.890. The van der Waals surface area contributed by atoms with Crippen molar-refractivity contribution in [1.82, 2.24) is 4.98 Å². The second-order valence-electron chi connectivity index (χ2n) is 4.37. The van der Waals surface area contributed by atoms with E-state index in [0.717, 1.165) is 32.3 Å². The number of sulfonamides is 1. The lowest BCUT2D eigenvalue weighted by molar-refractivity contribution is 0.0490. The van der Waals surface area contributed by atoms with Gasteiger partial charge in [-0.1, -0.05) is 11.6 Å². The van der Waals surface area contributed by atoms with E-state index in [1.807, 2.05) is 0 Å². The topological polar surface area (TPSA) is 91.5 Å². The maximum Gasteiger partial charge on any atom is 0.239 e. The number of primary sulfonamides is 1. The Bertz CT molecular complexity index is 544. The van der Waals surface area contributed by atoms with Crippen molar-refractivity contribution in [3.63, 3.8) is 0 Å². The van der Waals surface area contributed by atoms with Crippen LogP contribution in [0.2, 0.25) is 5.02 Å². The Labute approximate surface area is 116 Å². The summed E-state index contributed by atoms with van der Waals surface area (Å²) in [5.41, 5.74) is 0. The van der Waals surface area contributed by atoms with Gasteiger partial charge in [-0.3, -0.25) is 0 Å². The summed E-state index contributed by atoms with van der Waals surface area (Å²) in [6.07, 6.45) is 3.01. The number of nitrogens with zero attached hydrogens (tertiary/aromatic N) is 1. The second-order valence-corrected chi connectivity index (χ2v) is 6.34. The van der Waals surface area contributed by atoms with E-state index in [9.17, 15) is 8.42 Å². The number of ether oxygens (including phenoxy) is 2. The summed E-state index contributed by atoms with van der Waals surface area (Å²) in [6, 6.07) is 1.24. The largest absolute Gasteiger partial charge is 0.476 e. The van der Waals surface area contributed by atoms with E-state index >= 15 is 0 Å². The third-order valence-corrected chi connectivity index (χ3v) is 4.06. The van der Waals surface area contributed by atoms with Gasteiger partial charge in [-0.25, -0.2) is 18.5 Å². The monoisotopic (exact) mass is 306 g/mol.